The van der Waals surface area contributed by atoms with Crippen molar-refractivity contribution in [2.45, 2.75) is 19.4 Å². The molecule has 0 aromatic carbocycles. The summed E-state index contributed by atoms with van der Waals surface area (Å²) in [5.74, 6) is -0.638. The highest BCUT2D eigenvalue weighted by Crippen LogP contribution is 2.04. The van der Waals surface area contributed by atoms with Crippen molar-refractivity contribution >= 4 is 11.9 Å². The summed E-state index contributed by atoms with van der Waals surface area (Å²) in [4.78, 5) is 26.7. The van der Waals surface area contributed by atoms with Crippen molar-refractivity contribution in [3.63, 3.8) is 0 Å². The fourth-order valence-electron chi connectivity index (χ4n) is 1.60. The van der Waals surface area contributed by atoms with Crippen molar-refractivity contribution in [2.75, 3.05) is 19.7 Å². The van der Waals surface area contributed by atoms with Crippen molar-refractivity contribution < 1.29 is 18.8 Å². The number of aromatic nitrogens is 2. The molecule has 1 aliphatic rings. The van der Waals surface area contributed by atoms with Gasteiger partial charge >= 0.3 is 5.97 Å². The van der Waals surface area contributed by atoms with E-state index < -0.39 is 12.0 Å². The maximum absolute atomic E-state index is 11.5. The fourth-order valence-corrected chi connectivity index (χ4v) is 1.60. The first-order chi connectivity index (χ1) is 8.70. The lowest BCUT2D eigenvalue weighted by molar-refractivity contribution is -0.124. The Morgan fingerprint density at radius 1 is 1.56 bits per heavy atom. The zero-order chi connectivity index (χ0) is 13.0. The molecule has 18 heavy (non-hydrogen) atoms. The van der Waals surface area contributed by atoms with E-state index in [0.29, 0.717) is 13.1 Å². The number of rotatable bonds is 4. The Bertz CT molecular complexity index is 445. The molecule has 0 radical (unpaired) electrons. The highest BCUT2D eigenvalue weighted by Gasteiger charge is 2.25. The van der Waals surface area contributed by atoms with E-state index in [-0.39, 0.29) is 30.7 Å². The largest absolute Gasteiger partial charge is 0.460 e. The van der Waals surface area contributed by atoms with Gasteiger partial charge in [-0.3, -0.25) is 4.79 Å². The van der Waals surface area contributed by atoms with E-state index in [1.807, 2.05) is 0 Å². The molecule has 0 aliphatic carbocycles. The summed E-state index contributed by atoms with van der Waals surface area (Å²) in [7, 11) is 0. The molecule has 98 valence electrons. The Labute approximate surface area is 103 Å². The van der Waals surface area contributed by atoms with Crippen LogP contribution in [0.4, 0.5) is 0 Å². The van der Waals surface area contributed by atoms with Crippen LogP contribution in [0.15, 0.2) is 4.52 Å². The molecule has 1 saturated heterocycles. The van der Waals surface area contributed by atoms with E-state index in [4.69, 9.17) is 9.26 Å². The molecule has 1 amide bonds. The molecule has 2 N–H and O–H groups in total. The van der Waals surface area contributed by atoms with Gasteiger partial charge in [0.25, 0.3) is 5.82 Å². The second kappa shape index (κ2) is 5.58. The minimum absolute atomic E-state index is 0.114. The average molecular weight is 254 g/mol. The maximum atomic E-state index is 11.5. The SMILES string of the molecule is CCOC(=O)c1noc(CC2NCCNC2=O)n1. The van der Waals surface area contributed by atoms with Crippen LogP contribution in [0.3, 0.4) is 0 Å². The van der Waals surface area contributed by atoms with Crippen LogP contribution in [-0.2, 0) is 16.0 Å². The molecule has 8 nitrogen and oxygen atoms in total. The van der Waals surface area contributed by atoms with Gasteiger partial charge in [0.2, 0.25) is 11.8 Å². The van der Waals surface area contributed by atoms with Crippen LogP contribution in [0, 0.1) is 0 Å². The van der Waals surface area contributed by atoms with E-state index in [9.17, 15) is 9.59 Å². The number of hydrogen-bond donors (Lipinski definition) is 2. The van der Waals surface area contributed by atoms with E-state index in [0.717, 1.165) is 0 Å². The lowest BCUT2D eigenvalue weighted by Gasteiger charge is -2.21. The van der Waals surface area contributed by atoms with Crippen LogP contribution in [0.2, 0.25) is 0 Å². The average Bonchev–Trinajstić information content (AvgIpc) is 2.81. The second-order valence-corrected chi connectivity index (χ2v) is 3.73. The Balaban J connectivity index is 1.97. The summed E-state index contributed by atoms with van der Waals surface area (Å²) in [6, 6.07) is -0.408. The van der Waals surface area contributed by atoms with Gasteiger partial charge in [-0.05, 0) is 12.1 Å². The number of amides is 1. The third kappa shape index (κ3) is 2.83. The predicted molar refractivity (Wildman–Crippen MR) is 58.8 cm³/mol. The van der Waals surface area contributed by atoms with E-state index in [2.05, 4.69) is 20.8 Å². The molecular weight excluding hydrogens is 240 g/mol. The Kier molecular flexibility index (Phi) is 3.88. The number of nitrogens with zero attached hydrogens (tertiary/aromatic N) is 2. The van der Waals surface area contributed by atoms with Crippen molar-refractivity contribution in [3.8, 4) is 0 Å². The van der Waals surface area contributed by atoms with Crippen molar-refractivity contribution in [3.05, 3.63) is 11.7 Å². The van der Waals surface area contributed by atoms with E-state index in [1.54, 1.807) is 6.92 Å². The second-order valence-electron chi connectivity index (χ2n) is 3.73. The van der Waals surface area contributed by atoms with Crippen LogP contribution in [0.5, 0.6) is 0 Å². The van der Waals surface area contributed by atoms with Crippen LogP contribution in [-0.4, -0.2) is 47.8 Å². The van der Waals surface area contributed by atoms with Gasteiger partial charge in [-0.1, -0.05) is 0 Å². The number of ether oxygens (including phenoxy) is 1. The first-order valence-corrected chi connectivity index (χ1v) is 5.71. The van der Waals surface area contributed by atoms with Crippen molar-refractivity contribution in [1.82, 2.24) is 20.8 Å². The normalized spacial score (nSPS) is 19.4. The molecule has 0 bridgehead atoms. The summed E-state index contributed by atoms with van der Waals surface area (Å²) >= 11 is 0. The number of esters is 1. The van der Waals surface area contributed by atoms with E-state index >= 15 is 0 Å². The van der Waals surface area contributed by atoms with Gasteiger partial charge in [0, 0.05) is 13.1 Å². The summed E-state index contributed by atoms with van der Waals surface area (Å²) < 4.78 is 9.63. The quantitative estimate of drug-likeness (QED) is 0.655. The number of carbonyl (C=O) groups is 2. The monoisotopic (exact) mass is 254 g/mol. The highest BCUT2D eigenvalue weighted by molar-refractivity contribution is 5.85. The third-order valence-corrected chi connectivity index (χ3v) is 2.44. The summed E-state index contributed by atoms with van der Waals surface area (Å²) in [6.45, 7) is 3.23. The third-order valence-electron chi connectivity index (χ3n) is 2.44. The number of piperazine rings is 1. The van der Waals surface area contributed by atoms with Gasteiger partial charge in [-0.15, -0.1) is 0 Å². The van der Waals surface area contributed by atoms with Gasteiger partial charge < -0.3 is 19.9 Å². The van der Waals surface area contributed by atoms with Gasteiger partial charge in [0.15, 0.2) is 0 Å². The first kappa shape index (κ1) is 12.5. The smallest absolute Gasteiger partial charge is 0.379 e. The molecule has 0 saturated carbocycles. The number of carbonyl (C=O) groups excluding carboxylic acids is 2. The fraction of sp³-hybridized carbons (Fsp3) is 0.600. The molecule has 1 fully saturated rings. The molecule has 2 heterocycles. The van der Waals surface area contributed by atoms with Gasteiger partial charge in [0.05, 0.1) is 19.1 Å². The summed E-state index contributed by atoms with van der Waals surface area (Å²) in [6.07, 6.45) is 0.248. The van der Waals surface area contributed by atoms with Crippen LogP contribution >= 0.6 is 0 Å². The summed E-state index contributed by atoms with van der Waals surface area (Å²) in [5.41, 5.74) is 0. The van der Waals surface area contributed by atoms with Crippen LogP contribution in [0.25, 0.3) is 0 Å². The van der Waals surface area contributed by atoms with Crippen molar-refractivity contribution in [1.29, 1.82) is 0 Å². The van der Waals surface area contributed by atoms with E-state index in [1.165, 1.54) is 0 Å². The Hall–Kier alpha value is -1.96. The molecule has 1 unspecified atom stereocenters. The minimum Gasteiger partial charge on any atom is -0.460 e. The zero-order valence-corrected chi connectivity index (χ0v) is 9.93. The lowest BCUT2D eigenvalue weighted by Crippen LogP contribution is -2.53. The molecule has 0 spiro atoms. The summed E-state index contributed by atoms with van der Waals surface area (Å²) in [5, 5.41) is 9.25. The molecule has 1 aromatic rings. The topological polar surface area (TPSA) is 106 Å². The Morgan fingerprint density at radius 2 is 2.39 bits per heavy atom. The lowest BCUT2D eigenvalue weighted by atomic mass is 10.1. The molecule has 1 atom stereocenters. The number of hydrogen-bond acceptors (Lipinski definition) is 7. The molecule has 2 rings (SSSR count). The highest BCUT2D eigenvalue weighted by atomic mass is 16.5. The maximum Gasteiger partial charge on any atom is 0.379 e. The molecular formula is C10H14N4O4. The minimum atomic E-state index is -0.631. The molecule has 8 heteroatoms. The predicted octanol–water partition coefficient (Wildman–Crippen LogP) is -1.12. The number of nitrogens with one attached hydrogen (secondary N) is 2. The molecule has 1 aromatic heterocycles. The van der Waals surface area contributed by atoms with Crippen LogP contribution in [0.1, 0.15) is 23.4 Å². The zero-order valence-electron chi connectivity index (χ0n) is 9.93. The van der Waals surface area contributed by atoms with Gasteiger partial charge in [-0.2, -0.15) is 4.98 Å². The first-order valence-electron chi connectivity index (χ1n) is 5.71. The standard InChI is InChI=1S/C10H14N4O4/c1-2-17-10(16)8-13-7(18-14-8)5-6-9(15)12-4-3-11-6/h6,11H,2-5H2,1H3,(H,12,15). The molecule has 1 aliphatic heterocycles. The van der Waals surface area contributed by atoms with Crippen molar-refractivity contribution in [2.24, 2.45) is 0 Å². The van der Waals surface area contributed by atoms with Crippen LogP contribution < -0.4 is 10.6 Å². The van der Waals surface area contributed by atoms with Gasteiger partial charge in [-0.25, -0.2) is 4.79 Å². The van der Waals surface area contributed by atoms with Gasteiger partial charge in [0.1, 0.15) is 0 Å². The Morgan fingerprint density at radius 3 is 3.11 bits per heavy atom.